The molecule has 1 N–H and O–H groups in total. The molecule has 0 aliphatic carbocycles. The number of aryl methyl sites for hydroxylation is 1. The fraction of sp³-hybridized carbons (Fsp3) is 0.231. The molecule has 0 atom stereocenters. The monoisotopic (exact) mass is 590 g/mol. The normalized spacial score (nSPS) is 11.2. The van der Waals surface area contributed by atoms with Crippen LogP contribution in [0.5, 0.6) is 17.2 Å². The van der Waals surface area contributed by atoms with Gasteiger partial charge in [-0.25, -0.2) is 13.8 Å². The van der Waals surface area contributed by atoms with Crippen molar-refractivity contribution in [2.45, 2.75) is 18.7 Å². The minimum Gasteiger partial charge on any atom is -0.495 e. The summed E-state index contributed by atoms with van der Waals surface area (Å²) in [5.41, 5.74) is 2.71. The number of hydrazone groups is 1. The predicted octanol–water partition coefficient (Wildman–Crippen LogP) is 4.32. The zero-order chi connectivity index (χ0) is 29.4. The first kappa shape index (κ1) is 30.2. The molecule has 0 saturated heterocycles. The predicted molar refractivity (Wildman–Crippen MR) is 150 cm³/mol. The highest BCUT2D eigenvalue weighted by Crippen LogP contribution is 2.35. The van der Waals surface area contributed by atoms with Crippen LogP contribution in [0.15, 0.2) is 64.6 Å². The highest BCUT2D eigenvalue weighted by Gasteiger charge is 2.31. The smallest absolute Gasteiger partial charge is 0.273 e. The molecule has 0 unspecified atom stereocenters. The number of nitrogens with one attached hydrogen (secondary N) is 1. The first-order chi connectivity index (χ1) is 19.0. The van der Waals surface area contributed by atoms with Crippen LogP contribution < -0.4 is 23.9 Å². The SMILES string of the molecule is CCOc1ccc(/C=N\NC(=O)CN(c2cc(Cl)ccc2OC)S(=O)(=O)c2ccc(C)c([N+](=O)[O-])c2)cc1OC. The second kappa shape index (κ2) is 13.1. The van der Waals surface area contributed by atoms with Gasteiger partial charge in [-0.15, -0.1) is 0 Å². The molecule has 14 heteroatoms. The van der Waals surface area contributed by atoms with Gasteiger partial charge < -0.3 is 14.2 Å². The van der Waals surface area contributed by atoms with Crippen LogP contribution in [0.25, 0.3) is 0 Å². The number of anilines is 1. The van der Waals surface area contributed by atoms with Gasteiger partial charge in [0.25, 0.3) is 21.6 Å². The number of halogens is 1. The minimum absolute atomic E-state index is 0.0476. The standard InChI is InChI=1S/C26H27ClN4O8S/c1-5-39-24-10-7-18(12-25(24)38-4)15-28-29-26(32)16-30(22-13-19(27)8-11-23(22)37-3)40(35,36)20-9-6-17(2)21(14-20)31(33)34/h6-15H,5,16H2,1-4H3,(H,29,32)/b28-15-. The fourth-order valence-electron chi connectivity index (χ4n) is 3.62. The lowest BCUT2D eigenvalue weighted by Crippen LogP contribution is -2.39. The second-order valence-electron chi connectivity index (χ2n) is 8.17. The number of hydrogen-bond acceptors (Lipinski definition) is 9. The zero-order valence-electron chi connectivity index (χ0n) is 22.1. The molecule has 3 aromatic carbocycles. The van der Waals surface area contributed by atoms with E-state index in [1.807, 2.05) is 6.92 Å². The Morgan fingerprint density at radius 2 is 1.77 bits per heavy atom. The van der Waals surface area contributed by atoms with Crippen LogP contribution in [0.2, 0.25) is 5.02 Å². The van der Waals surface area contributed by atoms with Gasteiger partial charge in [-0.3, -0.25) is 19.2 Å². The van der Waals surface area contributed by atoms with Crippen LogP contribution >= 0.6 is 11.6 Å². The third-order valence-electron chi connectivity index (χ3n) is 5.55. The Labute approximate surface area is 236 Å². The van der Waals surface area contributed by atoms with Gasteiger partial charge in [0.2, 0.25) is 0 Å². The Hall–Kier alpha value is -4.36. The summed E-state index contributed by atoms with van der Waals surface area (Å²) in [5, 5.41) is 15.5. The summed E-state index contributed by atoms with van der Waals surface area (Å²) in [4.78, 5) is 23.3. The van der Waals surface area contributed by atoms with Crippen molar-refractivity contribution in [3.63, 3.8) is 0 Å². The summed E-state index contributed by atoms with van der Waals surface area (Å²) in [5.74, 6) is 0.308. The Bertz CT molecular complexity index is 1550. The number of nitro benzene ring substituents is 1. The summed E-state index contributed by atoms with van der Waals surface area (Å²) in [6.07, 6.45) is 1.35. The molecule has 212 valence electrons. The number of rotatable bonds is 12. The molecule has 3 rings (SSSR count). The molecule has 0 fully saturated rings. The number of methoxy groups -OCH3 is 2. The molecular formula is C26H27ClN4O8S. The van der Waals surface area contributed by atoms with Crippen LogP contribution in [-0.2, 0) is 14.8 Å². The quantitative estimate of drug-likeness (QED) is 0.186. The number of nitrogens with zero attached hydrogens (tertiary/aromatic N) is 3. The van der Waals surface area contributed by atoms with Crippen LogP contribution in [0.4, 0.5) is 11.4 Å². The third-order valence-corrected chi connectivity index (χ3v) is 7.54. The van der Waals surface area contributed by atoms with Crippen molar-refractivity contribution in [2.75, 3.05) is 31.7 Å². The molecule has 0 radical (unpaired) electrons. The van der Waals surface area contributed by atoms with E-state index in [0.717, 1.165) is 10.4 Å². The van der Waals surface area contributed by atoms with E-state index >= 15 is 0 Å². The summed E-state index contributed by atoms with van der Waals surface area (Å²) >= 11 is 6.14. The van der Waals surface area contributed by atoms with E-state index in [-0.39, 0.29) is 27.7 Å². The average Bonchev–Trinajstić information content (AvgIpc) is 2.92. The number of ether oxygens (including phenoxy) is 3. The molecule has 0 aromatic heterocycles. The zero-order valence-corrected chi connectivity index (χ0v) is 23.7. The molecule has 0 aliphatic rings. The van der Waals surface area contributed by atoms with E-state index in [9.17, 15) is 23.3 Å². The Kier molecular flexibility index (Phi) is 9.91. The summed E-state index contributed by atoms with van der Waals surface area (Å²) < 4.78 is 44.3. The Morgan fingerprint density at radius 3 is 2.42 bits per heavy atom. The van der Waals surface area contributed by atoms with Crippen molar-refractivity contribution in [1.82, 2.24) is 5.43 Å². The van der Waals surface area contributed by atoms with Crippen LogP contribution in [0.1, 0.15) is 18.1 Å². The largest absolute Gasteiger partial charge is 0.495 e. The van der Waals surface area contributed by atoms with E-state index in [1.54, 1.807) is 18.2 Å². The molecular weight excluding hydrogens is 564 g/mol. The number of sulfonamides is 1. The maximum absolute atomic E-state index is 13.7. The first-order valence-corrected chi connectivity index (χ1v) is 13.6. The van der Waals surface area contributed by atoms with Gasteiger partial charge in [-0.05, 0) is 61.9 Å². The van der Waals surface area contributed by atoms with E-state index in [4.69, 9.17) is 25.8 Å². The number of amides is 1. The van der Waals surface area contributed by atoms with E-state index in [0.29, 0.717) is 23.7 Å². The van der Waals surface area contributed by atoms with E-state index in [1.165, 1.54) is 57.7 Å². The van der Waals surface area contributed by atoms with Gasteiger partial charge >= 0.3 is 0 Å². The topological polar surface area (TPSA) is 150 Å². The van der Waals surface area contributed by atoms with Gasteiger partial charge in [0.05, 0.1) is 42.5 Å². The van der Waals surface area contributed by atoms with Crippen molar-refractivity contribution in [1.29, 1.82) is 0 Å². The van der Waals surface area contributed by atoms with Gasteiger partial charge in [0.1, 0.15) is 12.3 Å². The van der Waals surface area contributed by atoms with Crippen molar-refractivity contribution >= 4 is 45.1 Å². The highest BCUT2D eigenvalue weighted by molar-refractivity contribution is 7.92. The molecule has 1 amide bonds. The number of hydrogen-bond donors (Lipinski definition) is 1. The number of benzene rings is 3. The number of nitro groups is 1. The van der Waals surface area contributed by atoms with E-state index < -0.39 is 32.3 Å². The maximum Gasteiger partial charge on any atom is 0.273 e. The van der Waals surface area contributed by atoms with Crippen LogP contribution in [0, 0.1) is 17.0 Å². The Balaban J connectivity index is 1.95. The summed E-state index contributed by atoms with van der Waals surface area (Å²) in [6.45, 7) is 3.03. The first-order valence-electron chi connectivity index (χ1n) is 11.8. The summed E-state index contributed by atoms with van der Waals surface area (Å²) in [6, 6.07) is 12.7. The van der Waals surface area contributed by atoms with Gasteiger partial charge in [0.15, 0.2) is 11.5 Å². The fourth-order valence-corrected chi connectivity index (χ4v) is 5.23. The van der Waals surface area contributed by atoms with E-state index in [2.05, 4.69) is 10.5 Å². The lowest BCUT2D eigenvalue weighted by Gasteiger charge is -2.25. The molecule has 12 nitrogen and oxygen atoms in total. The van der Waals surface area contributed by atoms with Crippen LogP contribution in [-0.4, -0.2) is 52.8 Å². The average molecular weight is 591 g/mol. The molecule has 0 heterocycles. The van der Waals surface area contributed by atoms with Crippen molar-refractivity contribution in [3.8, 4) is 17.2 Å². The molecule has 40 heavy (non-hydrogen) atoms. The van der Waals surface area contributed by atoms with Gasteiger partial charge in [0, 0.05) is 16.7 Å². The Morgan fingerprint density at radius 1 is 1.07 bits per heavy atom. The van der Waals surface area contributed by atoms with Crippen LogP contribution in [0.3, 0.4) is 0 Å². The molecule has 3 aromatic rings. The summed E-state index contributed by atoms with van der Waals surface area (Å²) in [7, 11) is -1.71. The molecule has 0 saturated carbocycles. The maximum atomic E-state index is 13.7. The number of carbonyl (C=O) groups excluding carboxylic acids is 1. The van der Waals surface area contributed by atoms with Crippen molar-refractivity contribution < 1.29 is 32.3 Å². The molecule has 0 spiro atoms. The third kappa shape index (κ3) is 6.98. The minimum atomic E-state index is -4.52. The van der Waals surface area contributed by atoms with Gasteiger partial charge in [-0.1, -0.05) is 17.7 Å². The molecule has 0 bridgehead atoms. The number of carbonyl (C=O) groups is 1. The lowest BCUT2D eigenvalue weighted by molar-refractivity contribution is -0.385. The lowest BCUT2D eigenvalue weighted by atomic mass is 10.2. The molecule has 0 aliphatic heterocycles. The highest BCUT2D eigenvalue weighted by atomic mass is 35.5. The van der Waals surface area contributed by atoms with Crippen molar-refractivity contribution in [2.24, 2.45) is 5.10 Å². The van der Waals surface area contributed by atoms with Crippen molar-refractivity contribution in [3.05, 3.63) is 80.9 Å². The second-order valence-corrected chi connectivity index (χ2v) is 10.5. The van der Waals surface area contributed by atoms with Gasteiger partial charge in [-0.2, -0.15) is 5.10 Å².